The summed E-state index contributed by atoms with van der Waals surface area (Å²) in [7, 11) is 0. The lowest BCUT2D eigenvalue weighted by atomic mass is 10.1. The van der Waals surface area contributed by atoms with E-state index in [-0.39, 0.29) is 11.8 Å². The average Bonchev–Trinajstić information content (AvgIpc) is 2.88. The van der Waals surface area contributed by atoms with Crippen molar-refractivity contribution in [2.45, 2.75) is 12.3 Å². The number of rotatable bonds is 2. The molecule has 1 aromatic carbocycles. The number of benzene rings is 1. The standard InChI is InChI=1S/C10H8Cl2O2/c11-5-1-2-9(12)7(3-5)6-4-8(6)10(13)14/h1-3,6,8H,4H2,(H,13,14). The monoisotopic (exact) mass is 230 g/mol. The summed E-state index contributed by atoms with van der Waals surface area (Å²) in [6.07, 6.45) is 0.662. The number of aliphatic carboxylic acids is 1. The Hall–Kier alpha value is -0.730. The van der Waals surface area contributed by atoms with Crippen LogP contribution in [0.25, 0.3) is 0 Å². The van der Waals surface area contributed by atoms with E-state index in [0.717, 1.165) is 5.56 Å². The molecule has 1 aliphatic carbocycles. The van der Waals surface area contributed by atoms with E-state index in [9.17, 15) is 4.79 Å². The molecule has 0 spiro atoms. The summed E-state index contributed by atoms with van der Waals surface area (Å²) in [5.41, 5.74) is 0.853. The molecule has 1 N–H and O–H groups in total. The quantitative estimate of drug-likeness (QED) is 0.848. The predicted octanol–water partition coefficient (Wildman–Crippen LogP) is 3.18. The van der Waals surface area contributed by atoms with E-state index in [0.29, 0.717) is 16.5 Å². The van der Waals surface area contributed by atoms with Gasteiger partial charge in [0.1, 0.15) is 0 Å². The topological polar surface area (TPSA) is 37.3 Å². The van der Waals surface area contributed by atoms with Gasteiger partial charge in [-0.15, -0.1) is 0 Å². The molecule has 1 fully saturated rings. The van der Waals surface area contributed by atoms with Crippen molar-refractivity contribution in [1.82, 2.24) is 0 Å². The Morgan fingerprint density at radius 1 is 1.43 bits per heavy atom. The first-order valence-corrected chi connectivity index (χ1v) is 5.03. The summed E-state index contributed by atoms with van der Waals surface area (Å²) in [6, 6.07) is 5.15. The number of halogens is 2. The van der Waals surface area contributed by atoms with Gasteiger partial charge in [-0.2, -0.15) is 0 Å². The van der Waals surface area contributed by atoms with Gasteiger partial charge in [-0.05, 0) is 36.1 Å². The van der Waals surface area contributed by atoms with Crippen LogP contribution in [0, 0.1) is 5.92 Å². The number of carboxylic acid groups (broad SMARTS) is 1. The van der Waals surface area contributed by atoms with Crippen LogP contribution in [-0.2, 0) is 4.79 Å². The molecule has 14 heavy (non-hydrogen) atoms. The van der Waals surface area contributed by atoms with Crippen LogP contribution < -0.4 is 0 Å². The van der Waals surface area contributed by atoms with Crippen LogP contribution in [0.2, 0.25) is 10.0 Å². The number of carboxylic acids is 1. The fraction of sp³-hybridized carbons (Fsp3) is 0.300. The molecule has 4 heteroatoms. The van der Waals surface area contributed by atoms with Crippen LogP contribution in [-0.4, -0.2) is 11.1 Å². The summed E-state index contributed by atoms with van der Waals surface area (Å²) in [5, 5.41) is 9.97. The number of carbonyl (C=O) groups is 1. The van der Waals surface area contributed by atoms with E-state index in [1.807, 2.05) is 0 Å². The summed E-state index contributed by atoms with van der Waals surface area (Å²) >= 11 is 11.8. The van der Waals surface area contributed by atoms with Crippen LogP contribution in [0.1, 0.15) is 17.9 Å². The third-order valence-corrected chi connectivity index (χ3v) is 3.04. The molecule has 0 heterocycles. The highest BCUT2D eigenvalue weighted by molar-refractivity contribution is 6.33. The highest BCUT2D eigenvalue weighted by Gasteiger charge is 2.45. The van der Waals surface area contributed by atoms with E-state index in [2.05, 4.69) is 0 Å². The molecular formula is C10H8Cl2O2. The summed E-state index contributed by atoms with van der Waals surface area (Å²) < 4.78 is 0. The Kier molecular flexibility index (Phi) is 2.41. The van der Waals surface area contributed by atoms with Crippen LogP contribution in [0.15, 0.2) is 18.2 Å². The summed E-state index contributed by atoms with van der Waals surface area (Å²) in [6.45, 7) is 0. The molecule has 2 atom stereocenters. The van der Waals surface area contributed by atoms with Gasteiger partial charge in [-0.1, -0.05) is 23.2 Å². The highest BCUT2D eigenvalue weighted by atomic mass is 35.5. The molecule has 1 aromatic rings. The van der Waals surface area contributed by atoms with Gasteiger partial charge in [0.05, 0.1) is 5.92 Å². The third kappa shape index (κ3) is 1.72. The first kappa shape index (κ1) is 9.81. The number of hydrogen-bond acceptors (Lipinski definition) is 1. The Labute approximate surface area is 91.4 Å². The Morgan fingerprint density at radius 3 is 2.71 bits per heavy atom. The summed E-state index contributed by atoms with van der Waals surface area (Å²) in [5.74, 6) is -1.00. The van der Waals surface area contributed by atoms with Crippen molar-refractivity contribution < 1.29 is 9.90 Å². The normalized spacial score (nSPS) is 24.7. The van der Waals surface area contributed by atoms with Gasteiger partial charge in [0.2, 0.25) is 0 Å². The van der Waals surface area contributed by atoms with Crippen molar-refractivity contribution in [3.8, 4) is 0 Å². The lowest BCUT2D eigenvalue weighted by Gasteiger charge is -2.02. The molecule has 0 radical (unpaired) electrons. The Bertz CT molecular complexity index is 390. The van der Waals surface area contributed by atoms with Crippen LogP contribution in [0.3, 0.4) is 0 Å². The minimum Gasteiger partial charge on any atom is -0.481 e. The molecule has 74 valence electrons. The molecule has 2 rings (SSSR count). The van der Waals surface area contributed by atoms with Crippen LogP contribution in [0.5, 0.6) is 0 Å². The minimum absolute atomic E-state index is 0.0405. The van der Waals surface area contributed by atoms with Crippen molar-refractivity contribution in [3.63, 3.8) is 0 Å². The largest absolute Gasteiger partial charge is 0.481 e. The van der Waals surface area contributed by atoms with Gasteiger partial charge in [-0.25, -0.2) is 0 Å². The first-order valence-electron chi connectivity index (χ1n) is 4.27. The average molecular weight is 231 g/mol. The first-order chi connectivity index (χ1) is 6.59. The highest BCUT2D eigenvalue weighted by Crippen LogP contribution is 2.50. The zero-order valence-electron chi connectivity index (χ0n) is 7.21. The molecule has 0 aliphatic heterocycles. The SMILES string of the molecule is O=C(O)C1CC1c1cc(Cl)ccc1Cl. The third-order valence-electron chi connectivity index (χ3n) is 2.47. The maximum absolute atomic E-state index is 10.7. The van der Waals surface area contributed by atoms with E-state index in [4.69, 9.17) is 28.3 Å². The van der Waals surface area contributed by atoms with Crippen LogP contribution >= 0.6 is 23.2 Å². The molecule has 0 aromatic heterocycles. The van der Waals surface area contributed by atoms with Crippen molar-refractivity contribution in [2.24, 2.45) is 5.92 Å². The second kappa shape index (κ2) is 3.44. The van der Waals surface area contributed by atoms with Gasteiger partial charge >= 0.3 is 5.97 Å². The minimum atomic E-state index is -0.758. The second-order valence-corrected chi connectivity index (χ2v) is 4.30. The van der Waals surface area contributed by atoms with E-state index in [1.54, 1.807) is 18.2 Å². The van der Waals surface area contributed by atoms with Gasteiger partial charge in [0.15, 0.2) is 0 Å². The fourth-order valence-corrected chi connectivity index (χ4v) is 2.05. The van der Waals surface area contributed by atoms with Gasteiger partial charge < -0.3 is 5.11 Å². The molecular weight excluding hydrogens is 223 g/mol. The van der Waals surface area contributed by atoms with Crippen LogP contribution in [0.4, 0.5) is 0 Å². The lowest BCUT2D eigenvalue weighted by molar-refractivity contribution is -0.138. The molecule has 2 nitrogen and oxygen atoms in total. The molecule has 0 amide bonds. The zero-order valence-corrected chi connectivity index (χ0v) is 8.72. The van der Waals surface area contributed by atoms with E-state index in [1.165, 1.54) is 0 Å². The second-order valence-electron chi connectivity index (χ2n) is 3.45. The fourth-order valence-electron chi connectivity index (χ4n) is 1.61. The Morgan fingerprint density at radius 2 is 2.14 bits per heavy atom. The van der Waals surface area contributed by atoms with E-state index < -0.39 is 5.97 Å². The lowest BCUT2D eigenvalue weighted by Crippen LogP contribution is -1.99. The maximum Gasteiger partial charge on any atom is 0.307 e. The van der Waals surface area contributed by atoms with Crippen molar-refractivity contribution >= 4 is 29.2 Å². The molecule has 1 aliphatic rings. The van der Waals surface area contributed by atoms with E-state index >= 15 is 0 Å². The molecule has 2 unspecified atom stereocenters. The smallest absolute Gasteiger partial charge is 0.307 e. The molecule has 1 saturated carbocycles. The number of hydrogen-bond donors (Lipinski definition) is 1. The Balaban J connectivity index is 2.26. The molecule has 0 bridgehead atoms. The zero-order chi connectivity index (χ0) is 10.3. The van der Waals surface area contributed by atoms with Crippen molar-refractivity contribution in [1.29, 1.82) is 0 Å². The maximum atomic E-state index is 10.7. The van der Waals surface area contributed by atoms with Crippen molar-refractivity contribution in [2.75, 3.05) is 0 Å². The predicted molar refractivity (Wildman–Crippen MR) is 54.9 cm³/mol. The molecule has 0 saturated heterocycles. The van der Waals surface area contributed by atoms with Gasteiger partial charge in [0.25, 0.3) is 0 Å². The van der Waals surface area contributed by atoms with Gasteiger partial charge in [0, 0.05) is 10.0 Å². The van der Waals surface area contributed by atoms with Crippen molar-refractivity contribution in [3.05, 3.63) is 33.8 Å². The van der Waals surface area contributed by atoms with Gasteiger partial charge in [-0.3, -0.25) is 4.79 Å². The summed E-state index contributed by atoms with van der Waals surface area (Å²) in [4.78, 5) is 10.7.